The van der Waals surface area contributed by atoms with Gasteiger partial charge in [-0.2, -0.15) is 4.98 Å². The topological polar surface area (TPSA) is 82.3 Å². The van der Waals surface area contributed by atoms with Gasteiger partial charge < -0.3 is 20.5 Å². The van der Waals surface area contributed by atoms with E-state index in [4.69, 9.17) is 15.2 Å². The first kappa shape index (κ1) is 12.9. The minimum Gasteiger partial charge on any atom is -0.476 e. The van der Waals surface area contributed by atoms with Gasteiger partial charge in [0.2, 0.25) is 5.88 Å². The van der Waals surface area contributed by atoms with Crippen LogP contribution in [0.2, 0.25) is 0 Å². The average molecular weight is 252 g/mol. The maximum Gasteiger partial charge on any atom is 0.242 e. The molecule has 0 spiro atoms. The Labute approximate surface area is 107 Å². The maximum atomic E-state index is 5.97. The first-order chi connectivity index (χ1) is 8.76. The molecule has 0 amide bonds. The summed E-state index contributed by atoms with van der Waals surface area (Å²) in [4.78, 5) is 8.80. The molecular formula is C12H20N4O2. The van der Waals surface area contributed by atoms with Gasteiger partial charge in [-0.05, 0) is 26.7 Å². The molecule has 1 atom stereocenters. The molecule has 1 unspecified atom stereocenters. The second kappa shape index (κ2) is 5.86. The first-order valence-corrected chi connectivity index (χ1v) is 6.41. The van der Waals surface area contributed by atoms with Crippen molar-refractivity contribution in [3.63, 3.8) is 0 Å². The van der Waals surface area contributed by atoms with E-state index >= 15 is 0 Å². The number of nitrogens with two attached hydrogens (primary N) is 1. The van der Waals surface area contributed by atoms with E-state index in [1.165, 1.54) is 0 Å². The molecule has 0 radical (unpaired) electrons. The average Bonchev–Trinajstić information content (AvgIpc) is 2.88. The number of rotatable bonds is 5. The Morgan fingerprint density at radius 2 is 2.28 bits per heavy atom. The Balaban J connectivity index is 2.33. The fourth-order valence-corrected chi connectivity index (χ4v) is 1.94. The van der Waals surface area contributed by atoms with Crippen LogP contribution >= 0.6 is 0 Å². The van der Waals surface area contributed by atoms with Crippen molar-refractivity contribution in [1.29, 1.82) is 0 Å². The zero-order valence-corrected chi connectivity index (χ0v) is 10.9. The van der Waals surface area contributed by atoms with Crippen molar-refractivity contribution in [2.24, 2.45) is 0 Å². The number of nitrogen functional groups attached to an aromatic ring is 1. The minimum absolute atomic E-state index is 0.0396. The van der Waals surface area contributed by atoms with Crippen LogP contribution in [0.4, 0.5) is 11.5 Å². The molecule has 2 rings (SSSR count). The van der Waals surface area contributed by atoms with Crippen molar-refractivity contribution in [3.05, 3.63) is 5.82 Å². The number of anilines is 2. The normalized spacial score (nSPS) is 18.9. The van der Waals surface area contributed by atoms with Crippen LogP contribution in [0.3, 0.4) is 0 Å². The molecule has 2 heterocycles. The lowest BCUT2D eigenvalue weighted by Crippen LogP contribution is -2.12. The smallest absolute Gasteiger partial charge is 0.242 e. The second-order valence-electron chi connectivity index (χ2n) is 4.11. The molecule has 1 saturated heterocycles. The van der Waals surface area contributed by atoms with Gasteiger partial charge in [0.25, 0.3) is 0 Å². The summed E-state index contributed by atoms with van der Waals surface area (Å²) in [7, 11) is 0. The third kappa shape index (κ3) is 2.64. The summed E-state index contributed by atoms with van der Waals surface area (Å²) in [5.74, 6) is 1.72. The molecule has 0 bridgehead atoms. The second-order valence-corrected chi connectivity index (χ2v) is 4.11. The van der Waals surface area contributed by atoms with Gasteiger partial charge in [0.05, 0.1) is 6.61 Å². The van der Waals surface area contributed by atoms with Gasteiger partial charge in [-0.15, -0.1) is 0 Å². The molecule has 18 heavy (non-hydrogen) atoms. The Bertz CT molecular complexity index is 378. The lowest BCUT2D eigenvalue weighted by atomic mass is 10.2. The monoisotopic (exact) mass is 252 g/mol. The summed E-state index contributed by atoms with van der Waals surface area (Å²) in [6.45, 7) is 5.93. The van der Waals surface area contributed by atoms with Gasteiger partial charge >= 0.3 is 0 Å². The highest BCUT2D eigenvalue weighted by Crippen LogP contribution is 2.32. The molecule has 1 fully saturated rings. The lowest BCUT2D eigenvalue weighted by Gasteiger charge is -2.15. The molecular weight excluding hydrogens is 232 g/mol. The van der Waals surface area contributed by atoms with Crippen LogP contribution in [-0.4, -0.2) is 29.7 Å². The third-order valence-electron chi connectivity index (χ3n) is 2.77. The van der Waals surface area contributed by atoms with Gasteiger partial charge in [0.15, 0.2) is 11.6 Å². The van der Waals surface area contributed by atoms with Crippen molar-refractivity contribution >= 4 is 11.5 Å². The van der Waals surface area contributed by atoms with E-state index in [9.17, 15) is 0 Å². The highest BCUT2D eigenvalue weighted by atomic mass is 16.5. The van der Waals surface area contributed by atoms with Crippen LogP contribution in [0.15, 0.2) is 0 Å². The summed E-state index contributed by atoms with van der Waals surface area (Å²) in [5.41, 5.74) is 6.43. The van der Waals surface area contributed by atoms with Gasteiger partial charge in [0.1, 0.15) is 11.8 Å². The molecule has 6 nitrogen and oxygen atoms in total. The molecule has 0 saturated carbocycles. The van der Waals surface area contributed by atoms with Crippen LogP contribution < -0.4 is 15.8 Å². The standard InChI is InChI=1S/C12H20N4O2/c1-3-14-11-9(13)12(17-4-2)16-10(15-11)8-6-5-7-18-8/h8H,3-7,13H2,1-2H3,(H,14,15,16). The van der Waals surface area contributed by atoms with Gasteiger partial charge in [-0.3, -0.25) is 0 Å². The Morgan fingerprint density at radius 3 is 2.89 bits per heavy atom. The van der Waals surface area contributed by atoms with E-state index in [1.54, 1.807) is 0 Å². The Kier molecular flexibility index (Phi) is 4.19. The molecule has 1 aromatic rings. The molecule has 0 aromatic carbocycles. The zero-order chi connectivity index (χ0) is 13.0. The molecule has 6 heteroatoms. The maximum absolute atomic E-state index is 5.97. The fraction of sp³-hybridized carbons (Fsp3) is 0.667. The lowest BCUT2D eigenvalue weighted by molar-refractivity contribution is 0.104. The predicted molar refractivity (Wildman–Crippen MR) is 69.7 cm³/mol. The van der Waals surface area contributed by atoms with E-state index in [0.29, 0.717) is 29.8 Å². The van der Waals surface area contributed by atoms with Crippen molar-refractivity contribution in [1.82, 2.24) is 9.97 Å². The van der Waals surface area contributed by atoms with E-state index < -0.39 is 0 Å². The molecule has 100 valence electrons. The summed E-state index contributed by atoms with van der Waals surface area (Å²) < 4.78 is 11.0. The molecule has 1 aliphatic rings. The van der Waals surface area contributed by atoms with Crippen LogP contribution in [0.1, 0.15) is 38.6 Å². The molecule has 1 aliphatic heterocycles. The van der Waals surface area contributed by atoms with E-state index in [2.05, 4.69) is 15.3 Å². The van der Waals surface area contributed by atoms with E-state index in [1.807, 2.05) is 13.8 Å². The summed E-state index contributed by atoms with van der Waals surface area (Å²) in [6.07, 6.45) is 1.95. The number of hydrogen-bond acceptors (Lipinski definition) is 6. The minimum atomic E-state index is -0.0396. The van der Waals surface area contributed by atoms with Crippen molar-refractivity contribution in [2.45, 2.75) is 32.8 Å². The SMILES string of the molecule is CCNc1nc(C2CCCO2)nc(OCC)c1N. The Morgan fingerprint density at radius 1 is 1.44 bits per heavy atom. The van der Waals surface area contributed by atoms with Crippen LogP contribution in [0.5, 0.6) is 5.88 Å². The third-order valence-corrected chi connectivity index (χ3v) is 2.77. The number of nitrogens with zero attached hydrogens (tertiary/aromatic N) is 2. The van der Waals surface area contributed by atoms with Crippen molar-refractivity contribution in [3.8, 4) is 5.88 Å². The Hall–Kier alpha value is -1.56. The van der Waals surface area contributed by atoms with Gasteiger partial charge in [-0.1, -0.05) is 0 Å². The highest BCUT2D eigenvalue weighted by Gasteiger charge is 2.23. The quantitative estimate of drug-likeness (QED) is 0.830. The highest BCUT2D eigenvalue weighted by molar-refractivity contribution is 5.66. The van der Waals surface area contributed by atoms with Crippen LogP contribution in [-0.2, 0) is 4.74 Å². The number of ether oxygens (including phenoxy) is 2. The van der Waals surface area contributed by atoms with E-state index in [0.717, 1.165) is 26.0 Å². The summed E-state index contributed by atoms with van der Waals surface area (Å²) in [5, 5.41) is 3.13. The number of nitrogens with one attached hydrogen (secondary N) is 1. The van der Waals surface area contributed by atoms with Gasteiger partial charge in [-0.25, -0.2) is 4.98 Å². The van der Waals surface area contributed by atoms with Gasteiger partial charge in [0, 0.05) is 13.2 Å². The predicted octanol–water partition coefficient (Wildman–Crippen LogP) is 1.74. The zero-order valence-electron chi connectivity index (χ0n) is 10.9. The summed E-state index contributed by atoms with van der Waals surface area (Å²) >= 11 is 0. The van der Waals surface area contributed by atoms with Crippen molar-refractivity contribution < 1.29 is 9.47 Å². The van der Waals surface area contributed by atoms with E-state index in [-0.39, 0.29) is 6.10 Å². The largest absolute Gasteiger partial charge is 0.476 e. The number of aromatic nitrogens is 2. The van der Waals surface area contributed by atoms with Crippen LogP contribution in [0, 0.1) is 0 Å². The summed E-state index contributed by atoms with van der Waals surface area (Å²) in [6, 6.07) is 0. The fourth-order valence-electron chi connectivity index (χ4n) is 1.94. The van der Waals surface area contributed by atoms with Crippen molar-refractivity contribution in [2.75, 3.05) is 30.8 Å². The molecule has 0 aliphatic carbocycles. The molecule has 3 N–H and O–H groups in total. The number of hydrogen-bond donors (Lipinski definition) is 2. The van der Waals surface area contributed by atoms with Crippen LogP contribution in [0.25, 0.3) is 0 Å². The molecule has 1 aromatic heterocycles. The first-order valence-electron chi connectivity index (χ1n) is 6.41.